The molecule has 1 fully saturated rings. The van der Waals surface area contributed by atoms with Crippen molar-refractivity contribution in [2.24, 2.45) is 4.99 Å². The highest BCUT2D eigenvalue weighted by Crippen LogP contribution is 2.08. The van der Waals surface area contributed by atoms with Crippen molar-refractivity contribution >= 4 is 11.9 Å². The number of aliphatic imine (C=N–C) groups is 1. The van der Waals surface area contributed by atoms with Crippen LogP contribution in [0.15, 0.2) is 4.99 Å². The third-order valence-corrected chi connectivity index (χ3v) is 3.59. The van der Waals surface area contributed by atoms with Gasteiger partial charge in [-0.3, -0.25) is 9.79 Å². The molecule has 0 aliphatic carbocycles. The van der Waals surface area contributed by atoms with Crippen molar-refractivity contribution in [2.45, 2.75) is 46.0 Å². The quantitative estimate of drug-likeness (QED) is 0.571. The lowest BCUT2D eigenvalue weighted by atomic mass is 10.3. The molecule has 0 radical (unpaired) electrons. The standard InChI is InChI=1S/C15H30N4O/c1-4-6-11-18(3)15(16-5-2)17-10-9-14(20)19-12-7-8-13-19/h4-13H2,1-3H3,(H,16,17). The van der Waals surface area contributed by atoms with Gasteiger partial charge in [-0.15, -0.1) is 0 Å². The summed E-state index contributed by atoms with van der Waals surface area (Å²) in [5.74, 6) is 1.16. The van der Waals surface area contributed by atoms with Crippen molar-refractivity contribution in [3.63, 3.8) is 0 Å². The normalized spacial score (nSPS) is 15.6. The number of hydrogen-bond donors (Lipinski definition) is 1. The second kappa shape index (κ2) is 9.61. The fourth-order valence-corrected chi connectivity index (χ4v) is 2.35. The van der Waals surface area contributed by atoms with Crippen LogP contribution in [0.1, 0.15) is 46.0 Å². The number of carbonyl (C=O) groups excluding carboxylic acids is 1. The van der Waals surface area contributed by atoms with Crippen LogP contribution in [0.2, 0.25) is 0 Å². The van der Waals surface area contributed by atoms with Gasteiger partial charge in [-0.1, -0.05) is 13.3 Å². The number of unbranched alkanes of at least 4 members (excludes halogenated alkanes) is 1. The lowest BCUT2D eigenvalue weighted by Crippen LogP contribution is -2.39. The van der Waals surface area contributed by atoms with E-state index >= 15 is 0 Å². The third-order valence-electron chi connectivity index (χ3n) is 3.59. The Labute approximate surface area is 123 Å². The third kappa shape index (κ3) is 5.80. The van der Waals surface area contributed by atoms with Crippen molar-refractivity contribution in [3.05, 3.63) is 0 Å². The van der Waals surface area contributed by atoms with E-state index in [9.17, 15) is 4.79 Å². The van der Waals surface area contributed by atoms with Gasteiger partial charge in [-0.2, -0.15) is 0 Å². The summed E-state index contributed by atoms with van der Waals surface area (Å²) in [6, 6.07) is 0. The van der Waals surface area contributed by atoms with E-state index in [2.05, 4.69) is 36.1 Å². The monoisotopic (exact) mass is 282 g/mol. The van der Waals surface area contributed by atoms with E-state index in [0.717, 1.165) is 51.4 Å². The first-order valence-electron chi connectivity index (χ1n) is 7.96. The number of nitrogens with one attached hydrogen (secondary N) is 1. The lowest BCUT2D eigenvalue weighted by molar-refractivity contribution is -0.129. The van der Waals surface area contributed by atoms with Gasteiger partial charge >= 0.3 is 0 Å². The number of amides is 1. The Balaban J connectivity index is 2.38. The molecular formula is C15H30N4O. The highest BCUT2D eigenvalue weighted by Gasteiger charge is 2.17. The minimum absolute atomic E-state index is 0.248. The molecule has 1 N–H and O–H groups in total. The van der Waals surface area contributed by atoms with Crippen molar-refractivity contribution in [1.82, 2.24) is 15.1 Å². The average Bonchev–Trinajstić information content (AvgIpc) is 2.97. The fourth-order valence-electron chi connectivity index (χ4n) is 2.35. The molecule has 116 valence electrons. The smallest absolute Gasteiger partial charge is 0.224 e. The molecule has 1 amide bonds. The van der Waals surface area contributed by atoms with Gasteiger partial charge in [0.25, 0.3) is 0 Å². The molecule has 0 unspecified atom stereocenters. The Morgan fingerprint density at radius 2 is 2.00 bits per heavy atom. The molecule has 1 rings (SSSR count). The van der Waals surface area contributed by atoms with Crippen LogP contribution in [-0.4, -0.2) is 61.4 Å². The van der Waals surface area contributed by atoms with E-state index in [1.165, 1.54) is 6.42 Å². The maximum atomic E-state index is 11.9. The molecule has 0 aromatic heterocycles. The SMILES string of the molecule is CCCCN(C)C(=NCCC(=O)N1CCCC1)NCC. The van der Waals surface area contributed by atoms with Crippen molar-refractivity contribution in [1.29, 1.82) is 0 Å². The second-order valence-electron chi connectivity index (χ2n) is 5.35. The average molecular weight is 282 g/mol. The first-order valence-corrected chi connectivity index (χ1v) is 7.96. The molecule has 1 aliphatic rings. The highest BCUT2D eigenvalue weighted by molar-refractivity contribution is 5.80. The Hall–Kier alpha value is -1.26. The molecule has 0 atom stereocenters. The van der Waals surface area contributed by atoms with Crippen molar-refractivity contribution < 1.29 is 4.79 Å². The molecule has 0 aromatic rings. The van der Waals surface area contributed by atoms with Gasteiger partial charge in [-0.25, -0.2) is 0 Å². The van der Waals surface area contributed by atoms with Gasteiger partial charge < -0.3 is 15.1 Å². The summed E-state index contributed by atoms with van der Waals surface area (Å²) in [6.45, 7) is 8.55. The van der Waals surface area contributed by atoms with Crippen LogP contribution in [0.5, 0.6) is 0 Å². The van der Waals surface area contributed by atoms with Crippen LogP contribution < -0.4 is 5.32 Å². The van der Waals surface area contributed by atoms with Crippen molar-refractivity contribution in [3.8, 4) is 0 Å². The van der Waals surface area contributed by atoms with Crippen LogP contribution in [0.25, 0.3) is 0 Å². The van der Waals surface area contributed by atoms with E-state index in [1.807, 2.05) is 4.90 Å². The molecular weight excluding hydrogens is 252 g/mol. The van der Waals surface area contributed by atoms with Gasteiger partial charge in [0, 0.05) is 39.6 Å². The van der Waals surface area contributed by atoms with Gasteiger partial charge in [0.15, 0.2) is 5.96 Å². The number of hydrogen-bond acceptors (Lipinski definition) is 2. The lowest BCUT2D eigenvalue weighted by Gasteiger charge is -2.22. The van der Waals surface area contributed by atoms with E-state index in [-0.39, 0.29) is 5.91 Å². The highest BCUT2D eigenvalue weighted by atomic mass is 16.2. The molecule has 0 spiro atoms. The molecule has 0 saturated carbocycles. The Kier molecular flexibility index (Phi) is 8.07. The minimum Gasteiger partial charge on any atom is -0.357 e. The number of nitrogens with zero attached hydrogens (tertiary/aromatic N) is 3. The van der Waals surface area contributed by atoms with E-state index in [1.54, 1.807) is 0 Å². The summed E-state index contributed by atoms with van der Waals surface area (Å²) >= 11 is 0. The van der Waals surface area contributed by atoms with Crippen LogP contribution in [0, 0.1) is 0 Å². The molecule has 5 nitrogen and oxygen atoms in total. The molecule has 0 bridgehead atoms. The molecule has 5 heteroatoms. The van der Waals surface area contributed by atoms with Crippen LogP contribution >= 0.6 is 0 Å². The minimum atomic E-state index is 0.248. The fraction of sp³-hybridized carbons (Fsp3) is 0.867. The maximum Gasteiger partial charge on any atom is 0.224 e. The van der Waals surface area contributed by atoms with Gasteiger partial charge in [0.1, 0.15) is 0 Å². The summed E-state index contributed by atoms with van der Waals surface area (Å²) < 4.78 is 0. The zero-order valence-electron chi connectivity index (χ0n) is 13.3. The molecule has 1 heterocycles. The Bertz CT molecular complexity index is 311. The second-order valence-corrected chi connectivity index (χ2v) is 5.35. The predicted molar refractivity (Wildman–Crippen MR) is 83.9 cm³/mol. The number of rotatable bonds is 7. The topological polar surface area (TPSA) is 47.9 Å². The largest absolute Gasteiger partial charge is 0.357 e. The summed E-state index contributed by atoms with van der Waals surface area (Å²) in [6.07, 6.45) is 5.16. The zero-order valence-corrected chi connectivity index (χ0v) is 13.3. The zero-order chi connectivity index (χ0) is 14.8. The number of guanidine groups is 1. The summed E-state index contributed by atoms with van der Waals surface area (Å²) in [7, 11) is 2.06. The van der Waals surface area contributed by atoms with E-state index in [4.69, 9.17) is 0 Å². The molecule has 1 aliphatic heterocycles. The van der Waals surface area contributed by atoms with E-state index < -0.39 is 0 Å². The van der Waals surface area contributed by atoms with E-state index in [0.29, 0.717) is 13.0 Å². The molecule has 20 heavy (non-hydrogen) atoms. The summed E-state index contributed by atoms with van der Waals surface area (Å²) in [5.41, 5.74) is 0. The maximum absolute atomic E-state index is 11.9. The van der Waals surface area contributed by atoms with Gasteiger partial charge in [0.2, 0.25) is 5.91 Å². The van der Waals surface area contributed by atoms with Gasteiger partial charge in [-0.05, 0) is 26.2 Å². The van der Waals surface area contributed by atoms with Crippen LogP contribution in [0.3, 0.4) is 0 Å². The summed E-state index contributed by atoms with van der Waals surface area (Å²) in [5, 5.41) is 3.29. The first-order chi connectivity index (χ1) is 9.69. The predicted octanol–water partition coefficient (Wildman–Crippen LogP) is 1.70. The molecule has 0 aromatic carbocycles. The summed E-state index contributed by atoms with van der Waals surface area (Å²) in [4.78, 5) is 20.6. The van der Waals surface area contributed by atoms with Crippen LogP contribution in [0.4, 0.5) is 0 Å². The van der Waals surface area contributed by atoms with Gasteiger partial charge in [0.05, 0.1) is 6.54 Å². The molecule has 1 saturated heterocycles. The number of likely N-dealkylation sites (tertiary alicyclic amines) is 1. The Morgan fingerprint density at radius 1 is 1.30 bits per heavy atom. The first kappa shape index (κ1) is 16.8. The van der Waals surface area contributed by atoms with Crippen molar-refractivity contribution in [2.75, 3.05) is 39.8 Å². The van der Waals surface area contributed by atoms with Crippen LogP contribution in [-0.2, 0) is 4.79 Å². The Morgan fingerprint density at radius 3 is 2.60 bits per heavy atom. The number of carbonyl (C=O) groups is 1.